The third-order valence-electron chi connectivity index (χ3n) is 16.7. The predicted molar refractivity (Wildman–Crippen MR) is 535 cm³/mol. The molecule has 0 aliphatic heterocycles. The molecule has 6 fully saturated rings. The maximum Gasteiger partial charge on any atom is -0.0431 e. The van der Waals surface area contributed by atoms with Crippen molar-refractivity contribution >= 4 is 0 Å². The first-order valence-corrected chi connectivity index (χ1v) is 51.6. The van der Waals surface area contributed by atoms with Crippen LogP contribution in [0.1, 0.15) is 359 Å². The molecule has 6 saturated carbocycles. The maximum atomic E-state index is 4.13. The second-order valence-corrected chi connectivity index (χ2v) is 39.0. The Bertz CT molecular complexity index is 1450. The molecular formula is C96H216N18Nb3Ta3-18. The van der Waals surface area contributed by atoms with Gasteiger partial charge in [0.05, 0.1) is 0 Å². The molecule has 6 aliphatic carbocycles. The molecule has 24 heteroatoms. The van der Waals surface area contributed by atoms with Crippen molar-refractivity contribution in [1.82, 2.24) is 0 Å². The Labute approximate surface area is 836 Å². The fourth-order valence-electron chi connectivity index (χ4n) is 10.1. The van der Waals surface area contributed by atoms with E-state index in [2.05, 4.69) is 208 Å². The topological polar surface area (TPSA) is 243 Å². The second-order valence-electron chi connectivity index (χ2n) is 35.4. The van der Waals surface area contributed by atoms with Crippen molar-refractivity contribution in [2.75, 3.05) is 163 Å². The third-order valence-corrected chi connectivity index (χ3v) is 27.6. The fourth-order valence-corrected chi connectivity index (χ4v) is 10.1. The molecular weight excluding hydrogens is 2230 g/mol. The van der Waals surface area contributed by atoms with Crippen molar-refractivity contribution in [2.24, 2.45) is 55.5 Å². The Balaban J connectivity index is -0.0000000577. The Morgan fingerprint density at radius 2 is 0.317 bits per heavy atom. The first kappa shape index (κ1) is 166. The molecule has 0 N–H and O–H groups in total. The van der Waals surface area contributed by atoms with E-state index in [4.69, 9.17) is 0 Å². The predicted octanol–water partition coefficient (Wildman–Crippen LogP) is 33.3. The van der Waals surface area contributed by atoms with Gasteiger partial charge in [0.2, 0.25) is 0 Å². The molecule has 0 bridgehead atoms. The van der Waals surface area contributed by atoms with Gasteiger partial charge in [0, 0.05) is 0 Å². The van der Waals surface area contributed by atoms with Gasteiger partial charge in [0.25, 0.3) is 0 Å². The molecule has 0 aromatic heterocycles. The molecule has 738 valence electrons. The zero-order valence-corrected chi connectivity index (χ0v) is 105. The van der Waals surface area contributed by atoms with Crippen LogP contribution in [0.2, 0.25) is 0 Å². The second kappa shape index (κ2) is 130. The number of rotatable bonds is 24. The summed E-state index contributed by atoms with van der Waals surface area (Å²) in [5, 5.41) is 47.0. The first-order chi connectivity index (χ1) is 53.4. The standard InChI is InChI=1S/6C8H16N.6C4H9N.2C4H10N.2C3H8N.2C2H6N.6CH3.3Nb.3Ta/c6*1-9-7-6-8-4-2-3-5-8;6*1-4(2,3)5;2*1-3-5-4-2;2*1-3-4-2;2*1-3-2;;;;;;;;;;;;/h6*8H,2-7H2,1H3;6*1-3H3;2*3-4H2,1-2H3;2*3H2,1-2H3;2*1-2H3;6*1H3;;;;;;/q6*-1;;;;;;;12*-1;;;;;;. The molecule has 0 amide bonds. The number of hydrogen-bond acceptors (Lipinski definition) is 6. The van der Waals surface area contributed by atoms with Crippen LogP contribution < -0.4 is 0 Å². The van der Waals surface area contributed by atoms with Gasteiger partial charge in [-0.1, -0.05) is 234 Å². The van der Waals surface area contributed by atoms with Crippen LogP contribution in [-0.2, 0) is 125 Å². The molecule has 120 heavy (non-hydrogen) atoms. The molecule has 0 radical (unpaired) electrons. The van der Waals surface area contributed by atoms with Gasteiger partial charge < -0.3 is 108 Å². The van der Waals surface area contributed by atoms with Crippen LogP contribution >= 0.6 is 0 Å². The summed E-state index contributed by atoms with van der Waals surface area (Å²) in [6.45, 7) is 62.2. The van der Waals surface area contributed by atoms with Crippen LogP contribution in [0.4, 0.5) is 0 Å². The first-order valence-electron chi connectivity index (χ1n) is 44.3. The van der Waals surface area contributed by atoms with Gasteiger partial charge in [-0.15, -0.1) is 39.3 Å². The fraction of sp³-hybridized carbons (Fsp3) is 0.938. The Morgan fingerprint density at radius 3 is 0.358 bits per heavy atom. The maximum absolute atomic E-state index is 4.13. The van der Waals surface area contributed by atoms with Crippen LogP contribution in [0.25, 0.3) is 63.8 Å². The van der Waals surface area contributed by atoms with E-state index in [9.17, 15) is 0 Å². The number of hydrogen-bond donors (Lipinski definition) is 0. The monoisotopic (exact) mass is 2440 g/mol. The minimum atomic E-state index is 0. The Hall–Kier alpha value is 2.76. The van der Waals surface area contributed by atoms with Crippen molar-refractivity contribution in [2.45, 2.75) is 392 Å². The largest absolute Gasteiger partial charge is 0.668 e. The van der Waals surface area contributed by atoms with E-state index < -0.39 is 0 Å². The van der Waals surface area contributed by atoms with Crippen molar-refractivity contribution in [3.05, 3.63) is 108 Å². The van der Waals surface area contributed by atoms with Gasteiger partial charge >= 0.3 is 303 Å². The molecule has 18 nitrogen and oxygen atoms in total. The molecule has 0 saturated heterocycles. The van der Waals surface area contributed by atoms with Crippen LogP contribution in [0.3, 0.4) is 0 Å². The van der Waals surface area contributed by atoms with E-state index >= 15 is 0 Å². The van der Waals surface area contributed by atoms with Gasteiger partial charge in [-0.25, -0.2) is 0 Å². The van der Waals surface area contributed by atoms with Gasteiger partial charge in [-0.3, -0.25) is 0 Å². The molecule has 0 spiro atoms. The minimum absolute atomic E-state index is 0. The van der Waals surface area contributed by atoms with E-state index in [1.807, 2.05) is 83.8 Å². The van der Waals surface area contributed by atoms with Crippen LogP contribution in [0, 0.1) is 80.1 Å². The van der Waals surface area contributed by atoms with E-state index in [1.54, 1.807) is 42.3 Å². The summed E-state index contributed by atoms with van der Waals surface area (Å²) in [7, 11) is 22.1. The van der Waals surface area contributed by atoms with Crippen molar-refractivity contribution < 1.29 is 125 Å². The third kappa shape index (κ3) is 201. The van der Waals surface area contributed by atoms with Gasteiger partial charge in [0.15, 0.2) is 0 Å². The summed E-state index contributed by atoms with van der Waals surface area (Å²) in [6.07, 6.45) is 43.3. The van der Waals surface area contributed by atoms with E-state index in [0.29, 0.717) is 0 Å². The SMILES string of the molecule is CC(C)(C)[N]=[Nb].CC(C)(C)[N]=[Nb].CC(C)(C)[N]=[Nb].CC(C)(C)[N]=[Ta].CC(C)(C)[N]=[Ta].CC(C)(C)[N]=[Ta].CC[N-]C.CC[N-]C.CC[N-]CC.CC[N-]CC.C[N-]C.C[N-]C.C[N-]CCC1CCCC1.C[N-]CCC1CCCC1.C[N-]CCC1CCCC1.C[N-]CCC1CCCC1.C[N-]CCC1CCCC1.C[N-]CCC1CCCC1.[CH3-].[CH3-].[CH3-].[CH3-].[CH3-].[CH3-]. The normalized spacial score (nSPS) is 14.2. The summed E-state index contributed by atoms with van der Waals surface area (Å²) >= 11 is 8.01. The van der Waals surface area contributed by atoms with Crippen LogP contribution in [0.5, 0.6) is 0 Å². The van der Waals surface area contributed by atoms with E-state index in [0.717, 1.165) is 177 Å². The Kier molecular flexibility index (Phi) is 180. The molecule has 6 rings (SSSR count). The average Bonchev–Trinajstić information content (AvgIpc) is 1.85. The van der Waals surface area contributed by atoms with E-state index in [1.165, 1.54) is 255 Å². The summed E-state index contributed by atoms with van der Waals surface area (Å²) < 4.78 is 24.6. The smallest absolute Gasteiger partial charge is 0.0431 e. The van der Waals surface area contributed by atoms with Gasteiger partial charge in [-0.2, -0.15) is 124 Å². The molecule has 0 heterocycles. The van der Waals surface area contributed by atoms with Crippen molar-refractivity contribution in [3.63, 3.8) is 0 Å². The number of nitrogens with zero attached hydrogens (tertiary/aromatic N) is 18. The zero-order chi connectivity index (χ0) is 90.9. The quantitative estimate of drug-likeness (QED) is 0.0647. The average molecular weight is 2440 g/mol. The summed E-state index contributed by atoms with van der Waals surface area (Å²) in [4.78, 5) is 0. The van der Waals surface area contributed by atoms with Gasteiger partial charge in [0.1, 0.15) is 0 Å². The molecule has 0 unspecified atom stereocenters. The van der Waals surface area contributed by atoms with Crippen LogP contribution in [0.15, 0.2) is 20.0 Å². The molecule has 0 aromatic carbocycles. The Morgan fingerprint density at radius 1 is 0.225 bits per heavy atom. The summed E-state index contributed by atoms with van der Waals surface area (Å²) in [6, 6.07) is 0. The zero-order valence-electron chi connectivity index (χ0n) is 88.9. The molecule has 0 atom stereocenters. The van der Waals surface area contributed by atoms with Gasteiger partial charge in [-0.05, 0) is 35.5 Å². The summed E-state index contributed by atoms with van der Waals surface area (Å²) in [5.74, 6) is 6.13. The van der Waals surface area contributed by atoms with Crippen molar-refractivity contribution in [1.29, 1.82) is 0 Å². The summed E-state index contributed by atoms with van der Waals surface area (Å²) in [5.41, 5.74) is 1.21. The molecule has 0 aromatic rings. The molecule has 6 aliphatic rings. The van der Waals surface area contributed by atoms with Crippen LogP contribution in [-0.4, -0.2) is 196 Å². The van der Waals surface area contributed by atoms with E-state index in [-0.39, 0.29) is 77.8 Å². The minimum Gasteiger partial charge on any atom is -0.668 e. The van der Waals surface area contributed by atoms with Crippen molar-refractivity contribution in [3.8, 4) is 0 Å².